The number of benzene rings is 1. The highest BCUT2D eigenvalue weighted by Gasteiger charge is 2.23. The zero-order chi connectivity index (χ0) is 17.6. The van der Waals surface area contributed by atoms with Gasteiger partial charge in [0.1, 0.15) is 11.4 Å². The zero-order valence-corrected chi connectivity index (χ0v) is 14.5. The van der Waals surface area contributed by atoms with E-state index in [-0.39, 0.29) is 18.4 Å². The normalized spacial score (nSPS) is 18.8. The van der Waals surface area contributed by atoms with Crippen LogP contribution in [0.3, 0.4) is 0 Å². The molecular weight excluding hydrogens is 309 g/mol. The molecule has 1 aliphatic rings. The molecule has 1 saturated heterocycles. The Morgan fingerprint density at radius 3 is 2.54 bits per heavy atom. The third-order valence-electron chi connectivity index (χ3n) is 4.65. The van der Waals surface area contributed by atoms with E-state index in [1.165, 1.54) is 37.1 Å². The number of urea groups is 1. The van der Waals surface area contributed by atoms with Gasteiger partial charge in [-0.1, -0.05) is 19.1 Å². The quantitative estimate of drug-likeness (QED) is 0.744. The number of carbonyl (C=O) groups is 1. The van der Waals surface area contributed by atoms with Gasteiger partial charge in [0.05, 0.1) is 6.54 Å². The molecule has 1 aliphatic heterocycles. The molecule has 2 amide bonds. The zero-order valence-electron chi connectivity index (χ0n) is 14.5. The van der Waals surface area contributed by atoms with Crippen molar-refractivity contribution in [3.63, 3.8) is 0 Å². The van der Waals surface area contributed by atoms with E-state index in [2.05, 4.69) is 22.5 Å². The van der Waals surface area contributed by atoms with Gasteiger partial charge in [0.25, 0.3) is 0 Å². The van der Waals surface area contributed by atoms with Crippen molar-refractivity contribution in [1.82, 2.24) is 15.5 Å². The minimum atomic E-state index is -1.24. The second-order valence-corrected chi connectivity index (χ2v) is 6.91. The van der Waals surface area contributed by atoms with E-state index in [0.717, 1.165) is 25.6 Å². The number of nitrogens with zero attached hydrogens (tertiary/aromatic N) is 1. The molecule has 0 radical (unpaired) electrons. The summed E-state index contributed by atoms with van der Waals surface area (Å²) in [5, 5.41) is 15.9. The smallest absolute Gasteiger partial charge is 0.314 e. The maximum Gasteiger partial charge on any atom is 0.314 e. The number of aliphatic hydroxyl groups is 1. The summed E-state index contributed by atoms with van der Waals surface area (Å²) in [6, 6.07) is 5.33. The molecule has 0 aromatic heterocycles. The van der Waals surface area contributed by atoms with E-state index >= 15 is 0 Å². The molecule has 1 aromatic rings. The van der Waals surface area contributed by atoms with Gasteiger partial charge >= 0.3 is 6.03 Å². The number of amides is 2. The molecule has 5 nitrogen and oxygen atoms in total. The summed E-state index contributed by atoms with van der Waals surface area (Å²) in [5.74, 6) is 0.443. The molecule has 1 fully saturated rings. The summed E-state index contributed by atoms with van der Waals surface area (Å²) >= 11 is 0. The maximum atomic E-state index is 12.9. The summed E-state index contributed by atoms with van der Waals surface area (Å²) < 4.78 is 12.9. The van der Waals surface area contributed by atoms with Crippen LogP contribution >= 0.6 is 0 Å². The van der Waals surface area contributed by atoms with E-state index in [1.807, 2.05) is 0 Å². The molecular formula is C18H28FN3O2. The van der Waals surface area contributed by atoms with Crippen molar-refractivity contribution in [3.8, 4) is 0 Å². The number of likely N-dealkylation sites (tertiary alicyclic amines) is 1. The first-order valence-electron chi connectivity index (χ1n) is 8.59. The largest absolute Gasteiger partial charge is 0.384 e. The van der Waals surface area contributed by atoms with Gasteiger partial charge < -0.3 is 20.6 Å². The molecule has 134 valence electrons. The molecule has 2 rings (SSSR count). The SMILES string of the molecule is CC1CCN(CCNC(=O)NCC(C)(O)c2ccc(F)cc2)CC1. The Kier molecular flexibility index (Phi) is 6.57. The third kappa shape index (κ3) is 5.76. The lowest BCUT2D eigenvalue weighted by Gasteiger charge is -2.30. The van der Waals surface area contributed by atoms with Crippen molar-refractivity contribution < 1.29 is 14.3 Å². The van der Waals surface area contributed by atoms with Crippen molar-refractivity contribution in [2.45, 2.75) is 32.3 Å². The van der Waals surface area contributed by atoms with E-state index < -0.39 is 5.60 Å². The van der Waals surface area contributed by atoms with Crippen molar-refractivity contribution >= 4 is 6.03 Å². The predicted octanol–water partition coefficient (Wildman–Crippen LogP) is 2.06. The number of nitrogens with one attached hydrogen (secondary N) is 2. The molecule has 1 atom stereocenters. The van der Waals surface area contributed by atoms with E-state index in [0.29, 0.717) is 12.1 Å². The number of halogens is 1. The Hall–Kier alpha value is -1.66. The van der Waals surface area contributed by atoms with Crippen LogP contribution in [0, 0.1) is 11.7 Å². The first kappa shape index (κ1) is 18.7. The van der Waals surface area contributed by atoms with Gasteiger partial charge in [0.2, 0.25) is 0 Å². The Morgan fingerprint density at radius 1 is 1.29 bits per heavy atom. The molecule has 0 saturated carbocycles. The summed E-state index contributed by atoms with van der Waals surface area (Å²) in [6.45, 7) is 7.53. The van der Waals surface area contributed by atoms with Crippen LogP contribution in [-0.4, -0.2) is 48.8 Å². The number of piperidine rings is 1. The predicted molar refractivity (Wildman–Crippen MR) is 92.2 cm³/mol. The first-order valence-corrected chi connectivity index (χ1v) is 8.59. The second-order valence-electron chi connectivity index (χ2n) is 6.91. The highest BCUT2D eigenvalue weighted by Crippen LogP contribution is 2.19. The molecule has 0 spiro atoms. The van der Waals surface area contributed by atoms with Gasteiger partial charge in [-0.15, -0.1) is 0 Å². The van der Waals surface area contributed by atoms with E-state index in [1.54, 1.807) is 6.92 Å². The fourth-order valence-corrected chi connectivity index (χ4v) is 2.84. The molecule has 1 unspecified atom stereocenters. The number of carbonyl (C=O) groups excluding carboxylic acids is 1. The summed E-state index contributed by atoms with van der Waals surface area (Å²) in [5.41, 5.74) is -0.680. The van der Waals surface area contributed by atoms with Crippen molar-refractivity contribution in [2.24, 2.45) is 5.92 Å². The summed E-state index contributed by atoms with van der Waals surface area (Å²) in [7, 11) is 0. The topological polar surface area (TPSA) is 64.6 Å². The Labute approximate surface area is 143 Å². The average molecular weight is 337 g/mol. The van der Waals surface area contributed by atoms with Crippen LogP contribution in [0.15, 0.2) is 24.3 Å². The summed E-state index contributed by atoms with van der Waals surface area (Å²) in [6.07, 6.45) is 2.43. The standard InChI is InChI=1S/C18H28FN3O2/c1-14-7-10-22(11-8-14)12-9-20-17(23)21-13-18(2,24)15-3-5-16(19)6-4-15/h3-6,14,24H,7-13H2,1-2H3,(H2,20,21,23). The van der Waals surface area contributed by atoms with Crippen LogP contribution in [0.2, 0.25) is 0 Å². The van der Waals surface area contributed by atoms with Crippen LogP contribution in [0.4, 0.5) is 9.18 Å². The molecule has 3 N–H and O–H groups in total. The Balaban J connectivity index is 1.67. The van der Waals surface area contributed by atoms with Crippen molar-refractivity contribution in [1.29, 1.82) is 0 Å². The second kappa shape index (κ2) is 8.44. The van der Waals surface area contributed by atoms with E-state index in [4.69, 9.17) is 0 Å². The number of rotatable bonds is 6. The first-order chi connectivity index (χ1) is 11.4. The van der Waals surface area contributed by atoms with Gasteiger partial charge in [0, 0.05) is 13.1 Å². The monoisotopic (exact) mass is 337 g/mol. The number of hydrogen-bond donors (Lipinski definition) is 3. The Bertz CT molecular complexity index is 526. The summed E-state index contributed by atoms with van der Waals surface area (Å²) in [4.78, 5) is 14.2. The molecule has 0 aliphatic carbocycles. The fraction of sp³-hybridized carbons (Fsp3) is 0.611. The minimum Gasteiger partial charge on any atom is -0.384 e. The fourth-order valence-electron chi connectivity index (χ4n) is 2.84. The number of hydrogen-bond acceptors (Lipinski definition) is 3. The molecule has 1 heterocycles. The Morgan fingerprint density at radius 2 is 1.92 bits per heavy atom. The lowest BCUT2D eigenvalue weighted by Crippen LogP contribution is -2.46. The highest BCUT2D eigenvalue weighted by molar-refractivity contribution is 5.73. The third-order valence-corrected chi connectivity index (χ3v) is 4.65. The minimum absolute atomic E-state index is 0.0612. The lowest BCUT2D eigenvalue weighted by atomic mass is 9.96. The average Bonchev–Trinajstić information content (AvgIpc) is 2.55. The van der Waals surface area contributed by atoms with Crippen LogP contribution in [0.25, 0.3) is 0 Å². The lowest BCUT2D eigenvalue weighted by molar-refractivity contribution is 0.0593. The highest BCUT2D eigenvalue weighted by atomic mass is 19.1. The maximum absolute atomic E-state index is 12.9. The van der Waals surface area contributed by atoms with Crippen LogP contribution in [0.5, 0.6) is 0 Å². The van der Waals surface area contributed by atoms with Crippen molar-refractivity contribution in [2.75, 3.05) is 32.7 Å². The van der Waals surface area contributed by atoms with Crippen molar-refractivity contribution in [3.05, 3.63) is 35.6 Å². The van der Waals surface area contributed by atoms with E-state index in [9.17, 15) is 14.3 Å². The van der Waals surface area contributed by atoms with Crippen LogP contribution in [0.1, 0.15) is 32.3 Å². The molecule has 24 heavy (non-hydrogen) atoms. The van der Waals surface area contributed by atoms with Gasteiger partial charge in [-0.2, -0.15) is 0 Å². The molecule has 6 heteroatoms. The van der Waals surface area contributed by atoms with Gasteiger partial charge in [-0.3, -0.25) is 0 Å². The van der Waals surface area contributed by atoms with Crippen LogP contribution in [-0.2, 0) is 5.60 Å². The molecule has 0 bridgehead atoms. The van der Waals surface area contributed by atoms with Crippen LogP contribution < -0.4 is 10.6 Å². The van der Waals surface area contributed by atoms with Gasteiger partial charge in [-0.05, 0) is 56.5 Å². The van der Waals surface area contributed by atoms with Gasteiger partial charge in [0.15, 0.2) is 0 Å². The van der Waals surface area contributed by atoms with Gasteiger partial charge in [-0.25, -0.2) is 9.18 Å². The molecule has 1 aromatic carbocycles.